The number of fused-ring (bicyclic) bond motifs is 1. The number of anilines is 1. The third-order valence-corrected chi connectivity index (χ3v) is 9.21. The average Bonchev–Trinajstić information content (AvgIpc) is 3.29. The van der Waals surface area contributed by atoms with Gasteiger partial charge in [0.25, 0.3) is 5.91 Å². The molecule has 1 amide bonds. The van der Waals surface area contributed by atoms with Gasteiger partial charge in [-0.2, -0.15) is 4.31 Å². The van der Waals surface area contributed by atoms with E-state index in [1.165, 1.54) is 27.8 Å². The van der Waals surface area contributed by atoms with E-state index in [0.717, 1.165) is 35.4 Å². The van der Waals surface area contributed by atoms with Gasteiger partial charge in [0.05, 0.1) is 28.3 Å². The number of aromatic nitrogens is 1. The first-order chi connectivity index (χ1) is 16.8. The van der Waals surface area contributed by atoms with E-state index < -0.39 is 10.0 Å². The zero-order chi connectivity index (χ0) is 25.0. The number of carbonyl (C=O) groups is 1. The van der Waals surface area contributed by atoms with Gasteiger partial charge in [0.1, 0.15) is 0 Å². The summed E-state index contributed by atoms with van der Waals surface area (Å²) in [6.45, 7) is 10.7. The Bertz CT molecular complexity index is 1260. The highest BCUT2D eigenvalue weighted by molar-refractivity contribution is 7.89. The Morgan fingerprint density at radius 2 is 1.74 bits per heavy atom. The average molecular weight is 517 g/mol. The second-order valence-electron chi connectivity index (χ2n) is 8.49. The summed E-state index contributed by atoms with van der Waals surface area (Å²) in [5.74, 6) is -0.191. The molecule has 0 saturated carbocycles. The third-order valence-electron chi connectivity index (χ3n) is 6.25. The molecule has 0 aliphatic carbocycles. The summed E-state index contributed by atoms with van der Waals surface area (Å²) in [6.07, 6.45) is 0. The van der Waals surface area contributed by atoms with Crippen LogP contribution in [0.15, 0.2) is 47.4 Å². The maximum Gasteiger partial charge on any atom is 0.260 e. The number of nitrogens with zero attached hydrogens (tertiary/aromatic N) is 4. The highest BCUT2D eigenvalue weighted by Crippen LogP contribution is 2.30. The van der Waals surface area contributed by atoms with Gasteiger partial charge in [-0.15, -0.1) is 0 Å². The number of thiazole rings is 1. The fourth-order valence-corrected chi connectivity index (χ4v) is 6.56. The molecule has 1 aliphatic heterocycles. The van der Waals surface area contributed by atoms with E-state index in [2.05, 4.69) is 24.8 Å². The van der Waals surface area contributed by atoms with Crippen LogP contribution in [0.5, 0.6) is 0 Å². The van der Waals surface area contributed by atoms with Crippen LogP contribution in [0, 0.1) is 6.92 Å². The van der Waals surface area contributed by atoms with Crippen molar-refractivity contribution in [2.75, 3.05) is 57.4 Å². The van der Waals surface area contributed by atoms with Crippen LogP contribution in [0.1, 0.15) is 29.8 Å². The van der Waals surface area contributed by atoms with Gasteiger partial charge in [-0.25, -0.2) is 13.4 Å². The van der Waals surface area contributed by atoms with Crippen molar-refractivity contribution >= 4 is 42.6 Å². The van der Waals surface area contributed by atoms with Crippen LogP contribution < -0.4 is 4.90 Å². The molecular formula is C25H32N4O4S2. The second-order valence-corrected chi connectivity index (χ2v) is 11.4. The van der Waals surface area contributed by atoms with Crippen LogP contribution in [0.4, 0.5) is 5.13 Å². The Balaban J connectivity index is 1.61. The molecule has 0 radical (unpaired) electrons. The molecule has 1 aromatic heterocycles. The van der Waals surface area contributed by atoms with E-state index in [-0.39, 0.29) is 10.8 Å². The number of hydrogen-bond donors (Lipinski definition) is 0. The molecule has 3 aromatic rings. The van der Waals surface area contributed by atoms with E-state index >= 15 is 0 Å². The molecule has 1 saturated heterocycles. The molecule has 10 heteroatoms. The Morgan fingerprint density at radius 3 is 2.40 bits per heavy atom. The van der Waals surface area contributed by atoms with E-state index in [9.17, 15) is 13.2 Å². The fraction of sp³-hybridized carbons (Fsp3) is 0.440. The molecule has 0 spiro atoms. The number of benzene rings is 2. The Labute approximate surface area is 211 Å². The summed E-state index contributed by atoms with van der Waals surface area (Å²) >= 11 is 1.50. The van der Waals surface area contributed by atoms with Crippen molar-refractivity contribution in [3.8, 4) is 0 Å². The van der Waals surface area contributed by atoms with Gasteiger partial charge < -0.3 is 9.64 Å². The van der Waals surface area contributed by atoms with Crippen molar-refractivity contribution in [3.05, 3.63) is 53.6 Å². The van der Waals surface area contributed by atoms with Gasteiger partial charge in [0, 0.05) is 31.7 Å². The molecule has 4 rings (SSSR count). The summed E-state index contributed by atoms with van der Waals surface area (Å²) in [7, 11) is -3.62. The molecule has 2 aromatic carbocycles. The highest BCUT2D eigenvalue weighted by atomic mass is 32.2. The SMILES string of the molecule is CCN(CC)CCN(C(=O)c1ccc(S(=O)(=O)N2CCOCC2)cc1)c1nc2ccc(C)cc2s1. The van der Waals surface area contributed by atoms with Crippen molar-refractivity contribution in [1.29, 1.82) is 0 Å². The van der Waals surface area contributed by atoms with Gasteiger partial charge in [0.15, 0.2) is 5.13 Å². The minimum atomic E-state index is -3.62. The molecule has 0 bridgehead atoms. The largest absolute Gasteiger partial charge is 0.379 e. The number of rotatable bonds is 9. The number of amides is 1. The van der Waals surface area contributed by atoms with Crippen molar-refractivity contribution in [1.82, 2.24) is 14.2 Å². The number of likely N-dealkylation sites (N-methyl/N-ethyl adjacent to an activating group) is 1. The van der Waals surface area contributed by atoms with E-state index in [4.69, 9.17) is 9.72 Å². The lowest BCUT2D eigenvalue weighted by Gasteiger charge is -2.26. The Hall–Kier alpha value is -2.37. The normalized spacial score (nSPS) is 15.1. The van der Waals surface area contributed by atoms with Gasteiger partial charge in [0.2, 0.25) is 10.0 Å². The number of aryl methyl sites for hydroxylation is 1. The number of ether oxygens (including phenoxy) is 1. The minimum Gasteiger partial charge on any atom is -0.379 e. The molecule has 188 valence electrons. The van der Waals surface area contributed by atoms with Crippen molar-refractivity contribution in [2.24, 2.45) is 0 Å². The van der Waals surface area contributed by atoms with Gasteiger partial charge in [-0.05, 0) is 62.0 Å². The van der Waals surface area contributed by atoms with E-state index in [1.807, 2.05) is 19.1 Å². The summed E-state index contributed by atoms with van der Waals surface area (Å²) in [5, 5.41) is 0.646. The van der Waals surface area contributed by atoms with Crippen LogP contribution in [0.3, 0.4) is 0 Å². The lowest BCUT2D eigenvalue weighted by molar-refractivity contribution is 0.0730. The highest BCUT2D eigenvalue weighted by Gasteiger charge is 2.27. The van der Waals surface area contributed by atoms with Crippen LogP contribution >= 0.6 is 11.3 Å². The number of carbonyl (C=O) groups excluding carboxylic acids is 1. The number of morpholine rings is 1. The van der Waals surface area contributed by atoms with Crippen LogP contribution in [-0.4, -0.2) is 81.0 Å². The minimum absolute atomic E-state index is 0.182. The molecule has 0 atom stereocenters. The summed E-state index contributed by atoms with van der Waals surface area (Å²) < 4.78 is 33.6. The van der Waals surface area contributed by atoms with Crippen LogP contribution in [0.25, 0.3) is 10.2 Å². The number of hydrogen-bond acceptors (Lipinski definition) is 7. The Kier molecular flexibility index (Phi) is 8.18. The molecule has 0 unspecified atom stereocenters. The number of sulfonamides is 1. The van der Waals surface area contributed by atoms with Gasteiger partial charge >= 0.3 is 0 Å². The maximum absolute atomic E-state index is 13.6. The van der Waals surface area contributed by atoms with E-state index in [1.54, 1.807) is 17.0 Å². The first-order valence-corrected chi connectivity index (χ1v) is 14.2. The van der Waals surface area contributed by atoms with Crippen LogP contribution in [0.2, 0.25) is 0 Å². The van der Waals surface area contributed by atoms with Crippen LogP contribution in [-0.2, 0) is 14.8 Å². The summed E-state index contributed by atoms with van der Waals surface area (Å²) in [5.41, 5.74) is 2.44. The smallest absolute Gasteiger partial charge is 0.260 e. The molecular weight excluding hydrogens is 484 g/mol. The first kappa shape index (κ1) is 25.7. The zero-order valence-corrected chi connectivity index (χ0v) is 22.1. The Morgan fingerprint density at radius 1 is 1.06 bits per heavy atom. The van der Waals surface area contributed by atoms with E-state index in [0.29, 0.717) is 43.5 Å². The monoisotopic (exact) mass is 516 g/mol. The van der Waals surface area contributed by atoms with Crippen molar-refractivity contribution in [2.45, 2.75) is 25.7 Å². The molecule has 1 aliphatic rings. The fourth-order valence-electron chi connectivity index (χ4n) is 4.06. The lowest BCUT2D eigenvalue weighted by Crippen LogP contribution is -2.40. The summed E-state index contributed by atoms with van der Waals surface area (Å²) in [4.78, 5) is 22.5. The molecule has 35 heavy (non-hydrogen) atoms. The molecule has 2 heterocycles. The lowest BCUT2D eigenvalue weighted by atomic mass is 10.2. The quantitative estimate of drug-likeness (QED) is 0.432. The molecule has 1 fully saturated rings. The second kappa shape index (κ2) is 11.1. The predicted octanol–water partition coefficient (Wildman–Crippen LogP) is 3.61. The standard InChI is InChI=1S/C25H32N4O4S2/c1-4-27(5-2)12-13-29(25-26-22-11-6-19(3)18-23(22)34-25)24(30)20-7-9-21(10-8-20)35(31,32)28-14-16-33-17-15-28/h6-11,18H,4-5,12-17H2,1-3H3. The van der Waals surface area contributed by atoms with Gasteiger partial charge in [-0.3, -0.25) is 9.69 Å². The van der Waals surface area contributed by atoms with Crippen molar-refractivity contribution < 1.29 is 17.9 Å². The molecule has 8 nitrogen and oxygen atoms in total. The summed E-state index contributed by atoms with van der Waals surface area (Å²) in [6, 6.07) is 12.3. The predicted molar refractivity (Wildman–Crippen MR) is 140 cm³/mol. The third kappa shape index (κ3) is 5.73. The maximum atomic E-state index is 13.6. The zero-order valence-electron chi connectivity index (χ0n) is 20.4. The van der Waals surface area contributed by atoms with Crippen molar-refractivity contribution in [3.63, 3.8) is 0 Å². The first-order valence-electron chi connectivity index (χ1n) is 11.9. The topological polar surface area (TPSA) is 83.1 Å². The van der Waals surface area contributed by atoms with Gasteiger partial charge in [-0.1, -0.05) is 31.3 Å². The molecule has 0 N–H and O–H groups in total.